The highest BCUT2D eigenvalue weighted by atomic mass is 32.2. The van der Waals surface area contributed by atoms with Crippen molar-refractivity contribution >= 4 is 26.7 Å². The molecule has 24 heavy (non-hydrogen) atoms. The second kappa shape index (κ2) is 5.48. The zero-order valence-corrected chi connectivity index (χ0v) is 14.7. The summed E-state index contributed by atoms with van der Waals surface area (Å²) in [5.41, 5.74) is 3.20. The summed E-state index contributed by atoms with van der Waals surface area (Å²) in [7, 11) is -1.55. The number of benzene rings is 1. The number of nitrogens with one attached hydrogen (secondary N) is 2. The van der Waals surface area contributed by atoms with Gasteiger partial charge in [0.25, 0.3) is 5.56 Å². The van der Waals surface area contributed by atoms with Crippen molar-refractivity contribution in [2.45, 2.75) is 13.8 Å². The molecule has 0 amide bonds. The minimum Gasteiger partial charge on any atom is -0.335 e. The van der Waals surface area contributed by atoms with E-state index in [1.165, 1.54) is 0 Å². The van der Waals surface area contributed by atoms with Crippen molar-refractivity contribution in [3.63, 3.8) is 0 Å². The average molecular weight is 346 g/mol. The Labute approximate surface area is 139 Å². The Morgan fingerprint density at radius 2 is 1.92 bits per heavy atom. The lowest BCUT2D eigenvalue weighted by Crippen LogP contribution is -2.12. The van der Waals surface area contributed by atoms with Crippen LogP contribution in [0.1, 0.15) is 11.1 Å². The molecule has 0 saturated heterocycles. The van der Waals surface area contributed by atoms with E-state index in [1.54, 1.807) is 22.8 Å². The number of aromatic nitrogens is 3. The van der Waals surface area contributed by atoms with E-state index in [1.807, 2.05) is 27.1 Å². The fourth-order valence-corrected chi connectivity index (χ4v) is 3.33. The number of anilines is 1. The highest BCUT2D eigenvalue weighted by Gasteiger charge is 2.14. The summed E-state index contributed by atoms with van der Waals surface area (Å²) in [6, 6.07) is 5.11. The Hall–Kier alpha value is -2.61. The van der Waals surface area contributed by atoms with E-state index in [-0.39, 0.29) is 5.56 Å². The van der Waals surface area contributed by atoms with E-state index in [2.05, 4.69) is 14.7 Å². The number of hydrogen-bond acceptors (Lipinski definition) is 4. The number of sulfonamides is 1. The minimum atomic E-state index is -3.38. The van der Waals surface area contributed by atoms with Crippen LogP contribution in [0, 0.1) is 13.8 Å². The first kappa shape index (κ1) is 16.3. The molecule has 7 nitrogen and oxygen atoms in total. The number of nitrogens with zero attached hydrogens (tertiary/aromatic N) is 2. The van der Waals surface area contributed by atoms with Gasteiger partial charge in [-0.1, -0.05) is 6.07 Å². The molecule has 2 N–H and O–H groups in total. The van der Waals surface area contributed by atoms with Gasteiger partial charge in [-0.05, 0) is 37.1 Å². The van der Waals surface area contributed by atoms with Gasteiger partial charge in [-0.3, -0.25) is 9.52 Å². The maximum Gasteiger partial charge on any atom is 0.260 e. The normalized spacial score (nSPS) is 11.8. The van der Waals surface area contributed by atoms with Gasteiger partial charge in [0.15, 0.2) is 0 Å². The molecular formula is C16H18N4O3S. The van der Waals surface area contributed by atoms with Gasteiger partial charge in [0, 0.05) is 24.5 Å². The van der Waals surface area contributed by atoms with Crippen molar-refractivity contribution in [3.05, 3.63) is 45.9 Å². The largest absolute Gasteiger partial charge is 0.335 e. The Morgan fingerprint density at radius 1 is 1.21 bits per heavy atom. The predicted octanol–water partition coefficient (Wildman–Crippen LogP) is 1.92. The first-order valence-electron chi connectivity index (χ1n) is 7.30. The third-order valence-corrected chi connectivity index (χ3v) is 4.42. The van der Waals surface area contributed by atoms with Crippen molar-refractivity contribution in [2.24, 2.45) is 7.05 Å². The lowest BCUT2D eigenvalue weighted by molar-refractivity contribution is 0.607. The van der Waals surface area contributed by atoms with Crippen molar-refractivity contribution in [3.8, 4) is 11.4 Å². The first-order valence-corrected chi connectivity index (χ1v) is 9.19. The lowest BCUT2D eigenvalue weighted by atomic mass is 10.1. The Balaban J connectivity index is 2.22. The molecule has 0 radical (unpaired) electrons. The number of rotatable bonds is 3. The zero-order chi connectivity index (χ0) is 17.6. The van der Waals surface area contributed by atoms with Crippen molar-refractivity contribution < 1.29 is 8.42 Å². The highest BCUT2D eigenvalue weighted by Crippen LogP contribution is 2.25. The lowest BCUT2D eigenvalue weighted by Gasteiger charge is -2.10. The molecule has 0 aliphatic heterocycles. The van der Waals surface area contributed by atoms with E-state index < -0.39 is 10.0 Å². The molecule has 0 aliphatic rings. The van der Waals surface area contributed by atoms with E-state index in [4.69, 9.17) is 0 Å². The summed E-state index contributed by atoms with van der Waals surface area (Å²) in [4.78, 5) is 19.8. The molecule has 0 aliphatic carbocycles. The molecule has 2 heterocycles. The molecule has 0 saturated carbocycles. The molecule has 3 rings (SSSR count). The molecular weight excluding hydrogens is 328 g/mol. The fourth-order valence-electron chi connectivity index (χ4n) is 2.77. The summed E-state index contributed by atoms with van der Waals surface area (Å²) < 4.78 is 27.1. The van der Waals surface area contributed by atoms with Gasteiger partial charge in [-0.15, -0.1) is 0 Å². The Kier molecular flexibility index (Phi) is 3.71. The van der Waals surface area contributed by atoms with Gasteiger partial charge in [-0.25, -0.2) is 13.4 Å². The van der Waals surface area contributed by atoms with Crippen LogP contribution >= 0.6 is 0 Å². The van der Waals surface area contributed by atoms with Crippen LogP contribution in [0.15, 0.2) is 29.2 Å². The molecule has 8 heteroatoms. The van der Waals surface area contributed by atoms with Gasteiger partial charge in [-0.2, -0.15) is 0 Å². The molecule has 0 bridgehead atoms. The third-order valence-electron chi connectivity index (χ3n) is 3.81. The van der Waals surface area contributed by atoms with Crippen LogP contribution in [0.2, 0.25) is 0 Å². The van der Waals surface area contributed by atoms with Crippen LogP contribution < -0.4 is 10.3 Å². The monoisotopic (exact) mass is 346 g/mol. The quantitative estimate of drug-likeness (QED) is 0.757. The maximum absolute atomic E-state index is 12.4. The summed E-state index contributed by atoms with van der Waals surface area (Å²) in [5, 5.41) is 0.560. The minimum absolute atomic E-state index is 0.214. The van der Waals surface area contributed by atoms with E-state index in [9.17, 15) is 13.2 Å². The SMILES string of the molecule is Cc1ccc(NS(C)(=O)=O)cc1-c1nc2c(c(C)cn2C)c(=O)[nH]1. The van der Waals surface area contributed by atoms with Gasteiger partial charge in [0.2, 0.25) is 10.0 Å². The second-order valence-electron chi connectivity index (χ2n) is 5.94. The van der Waals surface area contributed by atoms with Gasteiger partial charge in [0.05, 0.1) is 11.6 Å². The van der Waals surface area contributed by atoms with Crippen LogP contribution in [0.4, 0.5) is 5.69 Å². The molecule has 0 spiro atoms. The molecule has 0 fully saturated rings. The molecule has 3 aromatic rings. The summed E-state index contributed by atoms with van der Waals surface area (Å²) in [5.74, 6) is 0.406. The Bertz CT molecular complexity index is 1110. The molecule has 1 aromatic carbocycles. The first-order chi connectivity index (χ1) is 11.2. The smallest absolute Gasteiger partial charge is 0.260 e. The van der Waals surface area contributed by atoms with Crippen LogP contribution in [-0.2, 0) is 17.1 Å². The number of hydrogen-bond donors (Lipinski definition) is 2. The number of H-pyrrole nitrogens is 1. The van der Waals surface area contributed by atoms with Gasteiger partial charge < -0.3 is 9.55 Å². The van der Waals surface area contributed by atoms with Crippen LogP contribution in [-0.4, -0.2) is 29.2 Å². The molecule has 126 valence electrons. The van der Waals surface area contributed by atoms with Gasteiger partial charge >= 0.3 is 0 Å². The Morgan fingerprint density at radius 3 is 2.58 bits per heavy atom. The predicted molar refractivity (Wildman–Crippen MR) is 94.7 cm³/mol. The average Bonchev–Trinajstić information content (AvgIpc) is 2.75. The molecule has 0 atom stereocenters. The summed E-state index contributed by atoms with van der Waals surface area (Å²) >= 11 is 0. The third kappa shape index (κ3) is 2.92. The summed E-state index contributed by atoms with van der Waals surface area (Å²) in [6.07, 6.45) is 2.94. The van der Waals surface area contributed by atoms with Crippen molar-refractivity contribution in [1.82, 2.24) is 14.5 Å². The van der Waals surface area contributed by atoms with E-state index in [0.29, 0.717) is 28.1 Å². The fraction of sp³-hybridized carbons (Fsp3) is 0.250. The number of fused-ring (bicyclic) bond motifs is 1. The standard InChI is InChI=1S/C16H18N4O3S/c1-9-5-6-11(19-24(4,22)23)7-12(9)14-17-15-13(16(21)18-14)10(2)8-20(15)3/h5-8,19H,1-4H3,(H,17,18,21). The van der Waals surface area contributed by atoms with Crippen molar-refractivity contribution in [1.29, 1.82) is 0 Å². The second-order valence-corrected chi connectivity index (χ2v) is 7.69. The van der Waals surface area contributed by atoms with Crippen LogP contribution in [0.25, 0.3) is 22.4 Å². The van der Waals surface area contributed by atoms with E-state index in [0.717, 1.165) is 17.4 Å². The van der Waals surface area contributed by atoms with Crippen LogP contribution in [0.5, 0.6) is 0 Å². The van der Waals surface area contributed by atoms with Gasteiger partial charge in [0.1, 0.15) is 11.5 Å². The molecule has 2 aromatic heterocycles. The zero-order valence-electron chi connectivity index (χ0n) is 13.8. The maximum atomic E-state index is 12.4. The topological polar surface area (TPSA) is 96.8 Å². The van der Waals surface area contributed by atoms with Crippen LogP contribution in [0.3, 0.4) is 0 Å². The van der Waals surface area contributed by atoms with Crippen molar-refractivity contribution in [2.75, 3.05) is 11.0 Å². The molecule has 0 unspecified atom stereocenters. The number of aryl methyl sites for hydroxylation is 3. The van der Waals surface area contributed by atoms with E-state index >= 15 is 0 Å². The summed E-state index contributed by atoms with van der Waals surface area (Å²) in [6.45, 7) is 3.74. The highest BCUT2D eigenvalue weighted by molar-refractivity contribution is 7.92. The number of aromatic amines is 1.